The number of hydrogen-bond donors (Lipinski definition) is 2. The molecule has 3 aromatic carbocycles. The summed E-state index contributed by atoms with van der Waals surface area (Å²) in [6.45, 7) is 3.88. The molecule has 176 valence electrons. The van der Waals surface area contributed by atoms with Crippen LogP contribution in [0.15, 0.2) is 95.3 Å². The summed E-state index contributed by atoms with van der Waals surface area (Å²) in [5.74, 6) is 1.15. The molecule has 1 atom stereocenters. The quantitative estimate of drug-likeness (QED) is 0.297. The second kappa shape index (κ2) is 9.98. The lowest BCUT2D eigenvalue weighted by Gasteiger charge is -2.28. The normalized spacial score (nSPS) is 14.9. The number of para-hydroxylation sites is 1. The Bertz CT molecular complexity index is 1400. The molecule has 0 aliphatic carbocycles. The molecule has 6 nitrogen and oxygen atoms in total. The average Bonchev–Trinajstić information content (AvgIpc) is 3.27. The number of thioether (sulfide) groups is 1. The molecule has 2 N–H and O–H groups in total. The van der Waals surface area contributed by atoms with Crippen LogP contribution in [0, 0.1) is 6.92 Å². The number of amides is 1. The number of fused-ring (bicyclic) bond motifs is 1. The third kappa shape index (κ3) is 4.97. The first-order valence-corrected chi connectivity index (χ1v) is 12.6. The van der Waals surface area contributed by atoms with Crippen LogP contribution in [0.4, 0.5) is 11.6 Å². The molecule has 0 bridgehead atoms. The van der Waals surface area contributed by atoms with Crippen LogP contribution in [0.2, 0.25) is 5.02 Å². The molecule has 8 heteroatoms. The maximum atomic E-state index is 13.6. The fraction of sp³-hybridized carbons (Fsp3) is 0.148. The predicted molar refractivity (Wildman–Crippen MR) is 142 cm³/mol. The number of nitrogens with one attached hydrogen (secondary N) is 2. The van der Waals surface area contributed by atoms with Gasteiger partial charge in [-0.15, -0.1) is 5.10 Å². The van der Waals surface area contributed by atoms with E-state index in [4.69, 9.17) is 21.7 Å². The highest BCUT2D eigenvalue weighted by Crippen LogP contribution is 2.37. The van der Waals surface area contributed by atoms with Crippen LogP contribution in [0.5, 0.6) is 0 Å². The molecule has 2 heterocycles. The molecular weight excluding hydrogens is 478 g/mol. The van der Waals surface area contributed by atoms with E-state index in [0.717, 1.165) is 28.1 Å². The molecule has 0 spiro atoms. The Morgan fingerprint density at radius 3 is 2.49 bits per heavy atom. The van der Waals surface area contributed by atoms with E-state index in [1.807, 2.05) is 92.7 Å². The van der Waals surface area contributed by atoms with E-state index < -0.39 is 6.04 Å². The molecule has 0 saturated carbocycles. The molecular formula is C27H24ClN5OS. The molecule has 0 saturated heterocycles. The highest BCUT2D eigenvalue weighted by Gasteiger charge is 2.34. The van der Waals surface area contributed by atoms with E-state index in [1.165, 1.54) is 0 Å². The number of benzene rings is 3. The van der Waals surface area contributed by atoms with Gasteiger partial charge in [-0.05, 0) is 48.7 Å². The van der Waals surface area contributed by atoms with Gasteiger partial charge < -0.3 is 10.6 Å². The van der Waals surface area contributed by atoms with Crippen LogP contribution in [0.25, 0.3) is 0 Å². The first-order chi connectivity index (χ1) is 17.0. The zero-order valence-electron chi connectivity index (χ0n) is 19.3. The molecule has 1 amide bonds. The summed E-state index contributed by atoms with van der Waals surface area (Å²) in [4.78, 5) is 18.3. The summed E-state index contributed by atoms with van der Waals surface area (Å²) in [5, 5.41) is 12.5. The van der Waals surface area contributed by atoms with Gasteiger partial charge in [0.2, 0.25) is 11.1 Å². The third-order valence-corrected chi connectivity index (χ3v) is 7.03. The van der Waals surface area contributed by atoms with Gasteiger partial charge in [0.05, 0.1) is 5.57 Å². The van der Waals surface area contributed by atoms with Crippen molar-refractivity contribution in [2.24, 2.45) is 0 Å². The van der Waals surface area contributed by atoms with Crippen molar-refractivity contribution >= 4 is 40.9 Å². The molecule has 1 aliphatic rings. The largest absolute Gasteiger partial charge is 0.328 e. The Morgan fingerprint density at radius 1 is 1.03 bits per heavy atom. The van der Waals surface area contributed by atoms with E-state index in [9.17, 15) is 4.79 Å². The fourth-order valence-corrected chi connectivity index (χ4v) is 4.97. The number of aromatic nitrogens is 3. The highest BCUT2D eigenvalue weighted by atomic mass is 35.5. The van der Waals surface area contributed by atoms with Crippen LogP contribution in [0.3, 0.4) is 0 Å². The average molecular weight is 502 g/mol. The molecule has 5 rings (SSSR count). The van der Waals surface area contributed by atoms with Gasteiger partial charge in [0, 0.05) is 22.2 Å². The van der Waals surface area contributed by atoms with Gasteiger partial charge in [-0.25, -0.2) is 4.68 Å². The molecule has 35 heavy (non-hydrogen) atoms. The van der Waals surface area contributed by atoms with E-state index in [0.29, 0.717) is 27.5 Å². The van der Waals surface area contributed by atoms with Crippen LogP contribution in [-0.2, 0) is 10.5 Å². The van der Waals surface area contributed by atoms with Crippen molar-refractivity contribution in [3.63, 3.8) is 0 Å². The van der Waals surface area contributed by atoms with Crippen molar-refractivity contribution in [2.75, 3.05) is 10.6 Å². The maximum absolute atomic E-state index is 13.6. The Morgan fingerprint density at radius 2 is 1.74 bits per heavy atom. The first-order valence-electron chi connectivity index (χ1n) is 11.2. The Balaban J connectivity index is 1.47. The molecule has 1 aliphatic heterocycles. The highest BCUT2D eigenvalue weighted by molar-refractivity contribution is 7.98. The topological polar surface area (TPSA) is 71.8 Å². The molecule has 0 radical (unpaired) electrons. The number of rotatable bonds is 6. The lowest BCUT2D eigenvalue weighted by Crippen LogP contribution is -2.31. The second-order valence-electron chi connectivity index (χ2n) is 8.32. The number of nitrogens with zero attached hydrogens (tertiary/aromatic N) is 3. The van der Waals surface area contributed by atoms with Crippen LogP contribution in [0.1, 0.15) is 29.7 Å². The van der Waals surface area contributed by atoms with Gasteiger partial charge in [0.25, 0.3) is 5.91 Å². The van der Waals surface area contributed by atoms with Crippen molar-refractivity contribution in [3.05, 3.63) is 112 Å². The van der Waals surface area contributed by atoms with Gasteiger partial charge >= 0.3 is 0 Å². The van der Waals surface area contributed by atoms with Gasteiger partial charge in [-0.2, -0.15) is 4.98 Å². The zero-order chi connectivity index (χ0) is 24.4. The minimum Gasteiger partial charge on any atom is -0.328 e. The van der Waals surface area contributed by atoms with Crippen LogP contribution < -0.4 is 10.6 Å². The maximum Gasteiger partial charge on any atom is 0.255 e. The van der Waals surface area contributed by atoms with Crippen molar-refractivity contribution in [3.8, 4) is 0 Å². The molecule has 4 aromatic rings. The van der Waals surface area contributed by atoms with E-state index in [1.54, 1.807) is 16.4 Å². The van der Waals surface area contributed by atoms with Crippen LogP contribution >= 0.6 is 23.4 Å². The number of carbonyl (C=O) groups is 1. The molecule has 1 aromatic heterocycles. The number of hydrogen-bond acceptors (Lipinski definition) is 5. The van der Waals surface area contributed by atoms with Gasteiger partial charge in [0.1, 0.15) is 6.04 Å². The summed E-state index contributed by atoms with van der Waals surface area (Å²) in [5.41, 5.74) is 5.23. The van der Waals surface area contributed by atoms with E-state index >= 15 is 0 Å². The number of anilines is 2. The van der Waals surface area contributed by atoms with Crippen molar-refractivity contribution in [1.82, 2.24) is 14.8 Å². The van der Waals surface area contributed by atoms with Crippen LogP contribution in [-0.4, -0.2) is 20.7 Å². The minimum absolute atomic E-state index is 0.172. The van der Waals surface area contributed by atoms with Crippen molar-refractivity contribution in [2.45, 2.75) is 30.8 Å². The Hall–Kier alpha value is -3.55. The number of halogens is 1. The Kier molecular flexibility index (Phi) is 6.61. The summed E-state index contributed by atoms with van der Waals surface area (Å²) in [6, 6.07) is 25.0. The summed E-state index contributed by atoms with van der Waals surface area (Å²) < 4.78 is 1.80. The van der Waals surface area contributed by atoms with Gasteiger partial charge in [0.15, 0.2) is 0 Å². The van der Waals surface area contributed by atoms with E-state index in [-0.39, 0.29) is 5.91 Å². The second-order valence-corrected chi connectivity index (χ2v) is 9.70. The Labute approximate surface area is 213 Å². The third-order valence-electron chi connectivity index (χ3n) is 5.87. The SMILES string of the molecule is CC1=C(C(=O)Nc2ccccc2C)C(c2ccccc2)n2nc(SCc3ccc(Cl)cc3)nc2N1. The minimum atomic E-state index is -0.408. The van der Waals surface area contributed by atoms with E-state index in [2.05, 4.69) is 10.6 Å². The predicted octanol–water partition coefficient (Wildman–Crippen LogP) is 6.46. The summed E-state index contributed by atoms with van der Waals surface area (Å²) in [7, 11) is 0. The fourth-order valence-electron chi connectivity index (χ4n) is 4.06. The molecule has 1 unspecified atom stereocenters. The number of aryl methyl sites for hydroxylation is 1. The lowest BCUT2D eigenvalue weighted by molar-refractivity contribution is -0.113. The monoisotopic (exact) mass is 501 g/mol. The summed E-state index contributed by atoms with van der Waals surface area (Å²) >= 11 is 7.54. The smallest absolute Gasteiger partial charge is 0.255 e. The molecule has 0 fully saturated rings. The summed E-state index contributed by atoms with van der Waals surface area (Å²) in [6.07, 6.45) is 0. The lowest BCUT2D eigenvalue weighted by atomic mass is 9.95. The number of allylic oxidation sites excluding steroid dienone is 1. The first kappa shape index (κ1) is 23.2. The standard InChI is InChI=1S/C27H24ClN5OS/c1-17-8-6-7-11-22(17)30-25(34)23-18(2)29-26-31-27(35-16-19-12-14-21(28)15-13-19)32-33(26)24(23)20-9-4-3-5-10-20/h3-15,24H,16H2,1-2H3,(H,30,34)(H,29,31,32). The van der Waals surface area contributed by atoms with Crippen molar-refractivity contribution in [1.29, 1.82) is 0 Å². The van der Waals surface area contributed by atoms with Gasteiger partial charge in [-0.1, -0.05) is 84.0 Å². The zero-order valence-corrected chi connectivity index (χ0v) is 20.9. The number of carbonyl (C=O) groups excluding carboxylic acids is 1. The van der Waals surface area contributed by atoms with Gasteiger partial charge in [-0.3, -0.25) is 4.79 Å². The van der Waals surface area contributed by atoms with Crippen molar-refractivity contribution < 1.29 is 4.79 Å².